The molecule has 0 saturated carbocycles. The largest absolute Gasteiger partial charge is 0.336 e. The van der Waals surface area contributed by atoms with Crippen molar-refractivity contribution in [3.05, 3.63) is 66.9 Å². The molecule has 1 amide bonds. The van der Waals surface area contributed by atoms with Crippen molar-refractivity contribution in [2.75, 3.05) is 26.2 Å². The molecule has 0 aromatic carbocycles. The van der Waals surface area contributed by atoms with Gasteiger partial charge in [0.25, 0.3) is 5.91 Å². The van der Waals surface area contributed by atoms with Crippen LogP contribution in [0.1, 0.15) is 10.4 Å². The minimum absolute atomic E-state index is 0.160. The van der Waals surface area contributed by atoms with Gasteiger partial charge in [0.1, 0.15) is 4.90 Å². The molecule has 0 unspecified atom stereocenters. The lowest BCUT2D eigenvalue weighted by Crippen LogP contribution is -2.50. The number of pyridine rings is 2. The molecule has 28 heavy (non-hydrogen) atoms. The average molecular weight is 398 g/mol. The molecule has 4 heterocycles. The zero-order valence-corrected chi connectivity index (χ0v) is 15.7. The molecule has 0 N–H and O–H groups in total. The van der Waals surface area contributed by atoms with Gasteiger partial charge in [0.2, 0.25) is 10.0 Å². The monoisotopic (exact) mass is 398 g/mol. The third kappa shape index (κ3) is 3.51. The van der Waals surface area contributed by atoms with E-state index in [0.717, 1.165) is 0 Å². The molecule has 0 radical (unpaired) electrons. The number of amides is 1. The van der Waals surface area contributed by atoms with Crippen LogP contribution in [0.4, 0.5) is 0 Å². The van der Waals surface area contributed by atoms with Crippen LogP contribution in [-0.2, 0) is 10.0 Å². The van der Waals surface area contributed by atoms with Crippen molar-refractivity contribution in [3.63, 3.8) is 0 Å². The summed E-state index contributed by atoms with van der Waals surface area (Å²) >= 11 is 0. The predicted octanol–water partition coefficient (Wildman–Crippen LogP) is 0.809. The summed E-state index contributed by atoms with van der Waals surface area (Å²) in [7, 11) is -3.60. The van der Waals surface area contributed by atoms with Crippen molar-refractivity contribution in [3.8, 4) is 5.82 Å². The smallest absolute Gasteiger partial charge is 0.255 e. The van der Waals surface area contributed by atoms with Crippen molar-refractivity contribution < 1.29 is 13.2 Å². The van der Waals surface area contributed by atoms with E-state index < -0.39 is 10.0 Å². The fourth-order valence-electron chi connectivity index (χ4n) is 3.02. The van der Waals surface area contributed by atoms with Crippen LogP contribution in [0.3, 0.4) is 0 Å². The van der Waals surface area contributed by atoms with E-state index in [9.17, 15) is 13.2 Å². The lowest BCUT2D eigenvalue weighted by molar-refractivity contribution is 0.0697. The van der Waals surface area contributed by atoms with Crippen LogP contribution in [0.15, 0.2) is 66.2 Å². The van der Waals surface area contributed by atoms with Gasteiger partial charge in [0, 0.05) is 57.2 Å². The summed E-state index contributed by atoms with van der Waals surface area (Å²) in [6.45, 7) is 1.11. The summed E-state index contributed by atoms with van der Waals surface area (Å²) < 4.78 is 28.3. The van der Waals surface area contributed by atoms with Crippen LogP contribution >= 0.6 is 0 Å². The molecule has 10 heteroatoms. The normalized spacial score (nSPS) is 15.5. The van der Waals surface area contributed by atoms with Crippen molar-refractivity contribution in [1.29, 1.82) is 0 Å². The zero-order valence-electron chi connectivity index (χ0n) is 14.9. The molecule has 144 valence electrons. The maximum absolute atomic E-state index is 12.7. The second-order valence-electron chi connectivity index (χ2n) is 6.24. The molecule has 0 aliphatic carbocycles. The van der Waals surface area contributed by atoms with Crippen LogP contribution < -0.4 is 0 Å². The standard InChI is InChI=1S/C18H18N6O3S/c25-18(15-4-5-17(20-13-15)24-8-2-7-21-24)22-9-11-23(12-10-22)28(26,27)16-3-1-6-19-14-16/h1-8,13-14H,9-12H2. The third-order valence-corrected chi connectivity index (χ3v) is 6.41. The fourth-order valence-corrected chi connectivity index (χ4v) is 4.40. The molecule has 1 saturated heterocycles. The van der Waals surface area contributed by atoms with Crippen molar-refractivity contribution in [1.82, 2.24) is 29.0 Å². The Bertz CT molecular complexity index is 1040. The number of piperazine rings is 1. The van der Waals surface area contributed by atoms with Gasteiger partial charge < -0.3 is 4.90 Å². The number of rotatable bonds is 4. The van der Waals surface area contributed by atoms with Gasteiger partial charge in [-0.3, -0.25) is 9.78 Å². The summed E-state index contributed by atoms with van der Waals surface area (Å²) in [5, 5.41) is 4.10. The first-order valence-electron chi connectivity index (χ1n) is 8.71. The summed E-state index contributed by atoms with van der Waals surface area (Å²) in [5.74, 6) is 0.451. The highest BCUT2D eigenvalue weighted by Gasteiger charge is 2.30. The van der Waals surface area contributed by atoms with E-state index >= 15 is 0 Å². The molecular weight excluding hydrogens is 380 g/mol. The van der Waals surface area contributed by atoms with E-state index in [1.807, 2.05) is 0 Å². The molecule has 0 spiro atoms. The van der Waals surface area contributed by atoms with Gasteiger partial charge in [-0.05, 0) is 30.3 Å². The summed E-state index contributed by atoms with van der Waals surface area (Å²) in [6, 6.07) is 8.33. The van der Waals surface area contributed by atoms with Gasteiger partial charge in [0.05, 0.1) is 5.56 Å². The van der Waals surface area contributed by atoms with Crippen molar-refractivity contribution in [2.45, 2.75) is 4.90 Å². The van der Waals surface area contributed by atoms with E-state index in [0.29, 0.717) is 24.5 Å². The number of hydrogen-bond donors (Lipinski definition) is 0. The Kier molecular flexibility index (Phi) is 4.88. The lowest BCUT2D eigenvalue weighted by atomic mass is 10.2. The summed E-state index contributed by atoms with van der Waals surface area (Å²) in [5.41, 5.74) is 0.458. The van der Waals surface area contributed by atoms with E-state index in [4.69, 9.17) is 0 Å². The Morgan fingerprint density at radius 3 is 2.39 bits per heavy atom. The predicted molar refractivity (Wildman–Crippen MR) is 100 cm³/mol. The maximum atomic E-state index is 12.7. The van der Waals surface area contributed by atoms with Crippen LogP contribution in [0.2, 0.25) is 0 Å². The molecule has 9 nitrogen and oxygen atoms in total. The Hall–Kier alpha value is -3.11. The first-order chi connectivity index (χ1) is 13.6. The molecule has 0 atom stereocenters. The van der Waals surface area contributed by atoms with Gasteiger partial charge in [-0.25, -0.2) is 18.1 Å². The van der Waals surface area contributed by atoms with Crippen LogP contribution in [-0.4, -0.2) is 69.5 Å². The number of sulfonamides is 1. The maximum Gasteiger partial charge on any atom is 0.255 e. The summed E-state index contributed by atoms with van der Waals surface area (Å²) in [4.78, 5) is 22.6. The van der Waals surface area contributed by atoms with Crippen LogP contribution in [0.5, 0.6) is 0 Å². The van der Waals surface area contributed by atoms with Crippen molar-refractivity contribution in [2.24, 2.45) is 0 Å². The van der Waals surface area contributed by atoms with Gasteiger partial charge in [0.15, 0.2) is 5.82 Å². The van der Waals surface area contributed by atoms with Crippen LogP contribution in [0, 0.1) is 0 Å². The van der Waals surface area contributed by atoms with E-state index in [-0.39, 0.29) is 23.9 Å². The highest BCUT2D eigenvalue weighted by Crippen LogP contribution is 2.17. The number of carbonyl (C=O) groups excluding carboxylic acids is 1. The van der Waals surface area contributed by atoms with E-state index in [2.05, 4.69) is 15.1 Å². The second kappa shape index (κ2) is 7.49. The average Bonchev–Trinajstić information content (AvgIpc) is 3.29. The number of aromatic nitrogens is 4. The molecule has 1 fully saturated rings. The molecule has 3 aromatic heterocycles. The SMILES string of the molecule is O=C(c1ccc(-n2cccn2)nc1)N1CCN(S(=O)(=O)c2cccnc2)CC1. The number of carbonyl (C=O) groups is 1. The van der Waals surface area contributed by atoms with Crippen LogP contribution in [0.25, 0.3) is 5.82 Å². The molecule has 3 aromatic rings. The quantitative estimate of drug-likeness (QED) is 0.645. The minimum Gasteiger partial charge on any atom is -0.336 e. The molecule has 0 bridgehead atoms. The summed E-state index contributed by atoms with van der Waals surface area (Å²) in [6.07, 6.45) is 7.80. The first kappa shape index (κ1) is 18.3. The highest BCUT2D eigenvalue weighted by atomic mass is 32.2. The number of hydrogen-bond acceptors (Lipinski definition) is 6. The van der Waals surface area contributed by atoms with Gasteiger partial charge in [-0.15, -0.1) is 0 Å². The zero-order chi connectivity index (χ0) is 19.6. The molecule has 4 rings (SSSR count). The Balaban J connectivity index is 1.41. The van der Waals surface area contributed by atoms with Gasteiger partial charge in [-0.1, -0.05) is 0 Å². The number of nitrogens with zero attached hydrogens (tertiary/aromatic N) is 6. The first-order valence-corrected chi connectivity index (χ1v) is 10.2. The Morgan fingerprint density at radius 1 is 0.964 bits per heavy atom. The minimum atomic E-state index is -3.60. The van der Waals surface area contributed by atoms with E-state index in [1.165, 1.54) is 29.0 Å². The lowest BCUT2D eigenvalue weighted by Gasteiger charge is -2.33. The second-order valence-corrected chi connectivity index (χ2v) is 8.18. The highest BCUT2D eigenvalue weighted by molar-refractivity contribution is 7.89. The molecular formula is C18H18N6O3S. The van der Waals surface area contributed by atoms with Gasteiger partial charge in [-0.2, -0.15) is 9.40 Å². The third-order valence-electron chi connectivity index (χ3n) is 4.53. The fraction of sp³-hybridized carbons (Fsp3) is 0.222. The Labute approximate surface area is 162 Å². The van der Waals surface area contributed by atoms with E-state index in [1.54, 1.807) is 46.2 Å². The van der Waals surface area contributed by atoms with Gasteiger partial charge >= 0.3 is 0 Å². The van der Waals surface area contributed by atoms with Crippen molar-refractivity contribution >= 4 is 15.9 Å². The molecule has 1 aliphatic heterocycles. The topological polar surface area (TPSA) is 101 Å². The Morgan fingerprint density at radius 2 is 1.79 bits per heavy atom. The molecule has 1 aliphatic rings.